The van der Waals surface area contributed by atoms with Gasteiger partial charge in [-0.05, 0) is 53.6 Å². The Balaban J connectivity index is 1.52. The summed E-state index contributed by atoms with van der Waals surface area (Å²) in [5.41, 5.74) is 2.68. The van der Waals surface area contributed by atoms with Gasteiger partial charge >= 0.3 is 0 Å². The smallest absolute Gasteiger partial charge is 0.270 e. The number of nitrogens with one attached hydrogen (secondary N) is 1. The van der Waals surface area contributed by atoms with Crippen molar-refractivity contribution in [3.63, 3.8) is 0 Å². The topological polar surface area (TPSA) is 84.9 Å². The third-order valence-corrected chi connectivity index (χ3v) is 8.47. The Morgan fingerprint density at radius 3 is 2.20 bits per heavy atom. The van der Waals surface area contributed by atoms with Crippen molar-refractivity contribution in [1.29, 1.82) is 0 Å². The largest absolute Gasteiger partial charge is 0.497 e. The normalized spacial score (nSPS) is 13.9. The number of benzene rings is 4. The van der Waals surface area contributed by atoms with Crippen molar-refractivity contribution in [2.24, 2.45) is 0 Å². The lowest BCUT2D eigenvalue weighted by Crippen LogP contribution is -2.42. The highest BCUT2D eigenvalue weighted by Crippen LogP contribution is 2.44. The number of halogens is 1. The van der Waals surface area contributed by atoms with E-state index in [9.17, 15) is 13.2 Å². The summed E-state index contributed by atoms with van der Waals surface area (Å²) in [5, 5.41) is 3.17. The lowest BCUT2D eigenvalue weighted by atomic mass is 9.95. The summed E-state index contributed by atoms with van der Waals surface area (Å²) in [5.74, 6) is 0.576. The van der Waals surface area contributed by atoms with Crippen LogP contribution in [0.3, 0.4) is 0 Å². The minimum absolute atomic E-state index is 0.0528. The van der Waals surface area contributed by atoms with Gasteiger partial charge in [-0.25, -0.2) is 8.42 Å². The van der Waals surface area contributed by atoms with Gasteiger partial charge in [-0.2, -0.15) is 0 Å². The number of sulfonamides is 1. The number of hydrogen-bond acceptors (Lipinski definition) is 5. The molecule has 5 rings (SSSR count). The van der Waals surface area contributed by atoms with Crippen LogP contribution in [0.15, 0.2) is 108 Å². The molecule has 0 aliphatic carbocycles. The molecule has 0 fully saturated rings. The number of carbonyl (C=O) groups excluding carboxylic acids is 1. The highest BCUT2D eigenvalue weighted by atomic mass is 35.5. The quantitative estimate of drug-likeness (QED) is 0.261. The molecule has 4 aromatic rings. The number of methoxy groups -OCH3 is 1. The van der Waals surface area contributed by atoms with Crippen molar-refractivity contribution >= 4 is 38.8 Å². The van der Waals surface area contributed by atoms with E-state index in [4.69, 9.17) is 21.1 Å². The number of hydrogen-bond donors (Lipinski definition) is 1. The summed E-state index contributed by atoms with van der Waals surface area (Å²) in [6.45, 7) is 0.284. The van der Waals surface area contributed by atoms with Gasteiger partial charge < -0.3 is 14.8 Å². The first-order valence-electron chi connectivity index (χ1n) is 12.6. The summed E-state index contributed by atoms with van der Waals surface area (Å²) in [6.07, 6.45) is 0. The highest BCUT2D eigenvalue weighted by Gasteiger charge is 2.41. The Morgan fingerprint density at radius 1 is 0.875 bits per heavy atom. The van der Waals surface area contributed by atoms with Crippen LogP contribution < -0.4 is 19.1 Å². The van der Waals surface area contributed by atoms with E-state index in [1.165, 1.54) is 4.31 Å². The van der Waals surface area contributed by atoms with Crippen LogP contribution in [0.1, 0.15) is 16.7 Å². The maximum Gasteiger partial charge on any atom is 0.270 e. The third kappa shape index (κ3) is 5.68. The Kier molecular flexibility index (Phi) is 8.09. The zero-order valence-electron chi connectivity index (χ0n) is 21.7. The van der Waals surface area contributed by atoms with Gasteiger partial charge in [0.05, 0.1) is 25.9 Å². The molecule has 0 bridgehead atoms. The summed E-state index contributed by atoms with van der Waals surface area (Å²) >= 11 is 6.40. The maximum absolute atomic E-state index is 14.2. The Morgan fingerprint density at radius 2 is 1.52 bits per heavy atom. The van der Waals surface area contributed by atoms with Crippen LogP contribution >= 0.6 is 11.6 Å². The molecule has 0 saturated heterocycles. The predicted molar refractivity (Wildman–Crippen MR) is 157 cm³/mol. The average molecular weight is 575 g/mol. The minimum atomic E-state index is -4.28. The van der Waals surface area contributed by atoms with Crippen LogP contribution in [0.5, 0.6) is 11.5 Å². The lowest BCUT2D eigenvalue weighted by Gasteiger charge is -2.33. The molecule has 0 unspecified atom stereocenters. The lowest BCUT2D eigenvalue weighted by molar-refractivity contribution is -0.116. The van der Waals surface area contributed by atoms with E-state index in [1.54, 1.807) is 73.8 Å². The van der Waals surface area contributed by atoms with Crippen molar-refractivity contribution < 1.29 is 22.7 Å². The fourth-order valence-electron chi connectivity index (χ4n) is 4.54. The second-order valence-electron chi connectivity index (χ2n) is 9.01. The molecule has 1 N–H and O–H groups in total. The van der Waals surface area contributed by atoms with E-state index in [0.29, 0.717) is 38.9 Å². The first-order valence-corrected chi connectivity index (χ1v) is 14.4. The van der Waals surface area contributed by atoms with Gasteiger partial charge in [0.25, 0.3) is 15.9 Å². The van der Waals surface area contributed by atoms with E-state index < -0.39 is 15.9 Å². The second kappa shape index (κ2) is 11.9. The Bertz CT molecular complexity index is 1640. The van der Waals surface area contributed by atoms with E-state index in [2.05, 4.69) is 5.32 Å². The van der Waals surface area contributed by atoms with E-state index in [1.807, 2.05) is 36.4 Å². The molecule has 1 aliphatic heterocycles. The highest BCUT2D eigenvalue weighted by molar-refractivity contribution is 7.97. The zero-order valence-corrected chi connectivity index (χ0v) is 23.3. The number of amides is 1. The van der Waals surface area contributed by atoms with Gasteiger partial charge in [-0.3, -0.25) is 9.10 Å². The molecule has 1 aliphatic rings. The van der Waals surface area contributed by atoms with Crippen LogP contribution in [0.4, 0.5) is 5.69 Å². The molecular weight excluding hydrogens is 548 g/mol. The summed E-state index contributed by atoms with van der Waals surface area (Å²) in [4.78, 5) is 13.4. The first-order chi connectivity index (χ1) is 19.4. The van der Waals surface area contributed by atoms with Gasteiger partial charge in [0, 0.05) is 16.2 Å². The van der Waals surface area contributed by atoms with E-state index >= 15 is 0 Å². The molecule has 40 heavy (non-hydrogen) atoms. The molecule has 7 nitrogen and oxygen atoms in total. The summed E-state index contributed by atoms with van der Waals surface area (Å²) < 4.78 is 40.6. The molecular formula is C31H27ClN2O5S. The third-order valence-electron chi connectivity index (χ3n) is 6.43. The summed E-state index contributed by atoms with van der Waals surface area (Å²) in [6, 6.07) is 30.3. The van der Waals surface area contributed by atoms with Crippen molar-refractivity contribution in [3.8, 4) is 11.5 Å². The van der Waals surface area contributed by atoms with Gasteiger partial charge in [0.2, 0.25) is 0 Å². The molecule has 0 saturated carbocycles. The van der Waals surface area contributed by atoms with Gasteiger partial charge in [0.1, 0.15) is 18.1 Å². The Hall–Kier alpha value is -4.27. The minimum Gasteiger partial charge on any atom is -0.497 e. The van der Waals surface area contributed by atoms with E-state index in [-0.39, 0.29) is 24.6 Å². The molecule has 0 spiro atoms. The van der Waals surface area contributed by atoms with Crippen molar-refractivity contribution in [3.05, 3.63) is 130 Å². The van der Waals surface area contributed by atoms with Crippen LogP contribution in [-0.2, 0) is 21.4 Å². The van der Waals surface area contributed by atoms with Gasteiger partial charge in [-0.1, -0.05) is 72.3 Å². The SMILES string of the molecule is COc1ccc(OCCNC(=O)C2=C(c3ccccc3)c3cc(Cl)ccc3N(Cc3ccccc3)S2(=O)=O)cc1. The molecule has 0 radical (unpaired) electrons. The maximum atomic E-state index is 14.2. The fourth-order valence-corrected chi connectivity index (χ4v) is 6.47. The molecule has 1 amide bonds. The van der Waals surface area contributed by atoms with Crippen molar-refractivity contribution in [2.75, 3.05) is 24.6 Å². The average Bonchev–Trinajstić information content (AvgIpc) is 2.97. The first kappa shape index (κ1) is 27.3. The molecule has 0 aromatic heterocycles. The second-order valence-corrected chi connectivity index (χ2v) is 11.2. The molecule has 9 heteroatoms. The fraction of sp³-hybridized carbons (Fsp3) is 0.129. The van der Waals surface area contributed by atoms with Crippen LogP contribution in [0.25, 0.3) is 5.57 Å². The monoisotopic (exact) mass is 574 g/mol. The number of rotatable bonds is 9. The van der Waals surface area contributed by atoms with Crippen LogP contribution in [-0.4, -0.2) is 34.6 Å². The molecule has 1 heterocycles. The number of fused-ring (bicyclic) bond motifs is 1. The van der Waals surface area contributed by atoms with Gasteiger partial charge in [0.15, 0.2) is 4.91 Å². The predicted octanol–water partition coefficient (Wildman–Crippen LogP) is 5.65. The summed E-state index contributed by atoms with van der Waals surface area (Å²) in [7, 11) is -2.70. The van der Waals surface area contributed by atoms with Crippen LogP contribution in [0, 0.1) is 0 Å². The standard InChI is InChI=1S/C31H27ClN2O5S/c1-38-25-13-15-26(16-14-25)39-19-18-33-31(35)30-29(23-10-6-3-7-11-23)27-20-24(32)12-17-28(27)34(40(30,36)37)21-22-8-4-2-5-9-22/h2-17,20H,18-19,21H2,1H3,(H,33,35). The molecule has 0 atom stereocenters. The van der Waals surface area contributed by atoms with E-state index in [0.717, 1.165) is 5.56 Å². The number of carbonyl (C=O) groups is 1. The number of nitrogens with zero attached hydrogens (tertiary/aromatic N) is 1. The van der Waals surface area contributed by atoms with Crippen molar-refractivity contribution in [2.45, 2.75) is 6.54 Å². The Labute approximate surface area is 238 Å². The van der Waals surface area contributed by atoms with Gasteiger partial charge in [-0.15, -0.1) is 0 Å². The molecule has 204 valence electrons. The van der Waals surface area contributed by atoms with Crippen LogP contribution in [0.2, 0.25) is 5.02 Å². The van der Waals surface area contributed by atoms with Crippen molar-refractivity contribution in [1.82, 2.24) is 5.32 Å². The number of anilines is 1. The molecule has 4 aromatic carbocycles. The number of ether oxygens (including phenoxy) is 2. The zero-order chi connectivity index (χ0) is 28.1.